The van der Waals surface area contributed by atoms with Crippen LogP contribution in [-0.4, -0.2) is 56.7 Å². The maximum absolute atomic E-state index is 13.5. The minimum Gasteiger partial charge on any atom is -0.495 e. The monoisotopic (exact) mass is 594 g/mol. The van der Waals surface area contributed by atoms with Crippen molar-refractivity contribution in [3.8, 4) is 5.75 Å². The fourth-order valence-corrected chi connectivity index (χ4v) is 5.17. The van der Waals surface area contributed by atoms with Crippen molar-refractivity contribution in [1.82, 2.24) is 5.32 Å². The Bertz CT molecular complexity index is 1610. The average molecular weight is 595 g/mol. The molecule has 1 fully saturated rings. The van der Waals surface area contributed by atoms with Crippen molar-refractivity contribution in [3.63, 3.8) is 0 Å². The van der Waals surface area contributed by atoms with E-state index in [4.69, 9.17) is 4.74 Å². The van der Waals surface area contributed by atoms with Gasteiger partial charge in [-0.3, -0.25) is 14.9 Å². The standard InChI is InChI=1S/C33H34N6O5/c1-44-31-10-6-5-9-30(31)38-21-19-37(20-22-38)29-16-13-26(36-33(41)35-25-11-14-27(15-12-25)39(42)43)23-28(29)32(40)34-18-17-24-7-3-2-4-8-24/h2-16,23H,17-22H2,1H3,(H,34,40)(H2,35,36,41). The molecule has 44 heavy (non-hydrogen) atoms. The summed E-state index contributed by atoms with van der Waals surface area (Å²) in [6.45, 7) is 3.33. The molecular formula is C33H34N6O5. The van der Waals surface area contributed by atoms with E-state index < -0.39 is 11.0 Å². The number of methoxy groups -OCH3 is 1. The number of hydrogen-bond acceptors (Lipinski definition) is 7. The fraction of sp³-hybridized carbons (Fsp3) is 0.212. The number of rotatable bonds is 10. The van der Waals surface area contributed by atoms with Gasteiger partial charge in [-0.25, -0.2) is 4.79 Å². The van der Waals surface area contributed by atoms with Crippen molar-refractivity contribution in [2.75, 3.05) is 60.3 Å². The molecule has 1 heterocycles. The molecule has 0 aliphatic carbocycles. The van der Waals surface area contributed by atoms with Crippen LogP contribution in [0.2, 0.25) is 0 Å². The lowest BCUT2D eigenvalue weighted by Gasteiger charge is -2.38. The van der Waals surface area contributed by atoms with Gasteiger partial charge in [-0.1, -0.05) is 42.5 Å². The summed E-state index contributed by atoms with van der Waals surface area (Å²) in [7, 11) is 1.67. The first-order chi connectivity index (χ1) is 21.4. The van der Waals surface area contributed by atoms with Crippen molar-refractivity contribution < 1.29 is 19.2 Å². The smallest absolute Gasteiger partial charge is 0.323 e. The van der Waals surface area contributed by atoms with E-state index in [2.05, 4.69) is 25.8 Å². The minimum atomic E-state index is -0.535. The lowest BCUT2D eigenvalue weighted by molar-refractivity contribution is -0.384. The summed E-state index contributed by atoms with van der Waals surface area (Å²) in [5.74, 6) is 0.587. The summed E-state index contributed by atoms with van der Waals surface area (Å²) in [6, 6.07) is 28.2. The topological polar surface area (TPSA) is 129 Å². The van der Waals surface area contributed by atoms with Crippen molar-refractivity contribution in [2.24, 2.45) is 0 Å². The molecule has 11 heteroatoms. The third kappa shape index (κ3) is 7.43. The zero-order valence-electron chi connectivity index (χ0n) is 24.4. The number of hydrogen-bond donors (Lipinski definition) is 3. The van der Waals surface area contributed by atoms with E-state index in [9.17, 15) is 19.7 Å². The van der Waals surface area contributed by atoms with Crippen LogP contribution in [0.5, 0.6) is 5.75 Å². The SMILES string of the molecule is COc1ccccc1N1CCN(c2ccc(NC(=O)Nc3ccc([N+](=O)[O-])cc3)cc2C(=O)NCCc2ccccc2)CC1. The van der Waals surface area contributed by atoms with Crippen molar-refractivity contribution >= 4 is 40.4 Å². The van der Waals surface area contributed by atoms with Crippen LogP contribution in [0.4, 0.5) is 33.2 Å². The maximum atomic E-state index is 13.5. The highest BCUT2D eigenvalue weighted by molar-refractivity contribution is 6.04. The molecule has 0 saturated carbocycles. The van der Waals surface area contributed by atoms with Crippen LogP contribution in [0.15, 0.2) is 97.1 Å². The number of piperazine rings is 1. The molecule has 4 aromatic rings. The number of carbonyl (C=O) groups is 2. The van der Waals surface area contributed by atoms with Crippen molar-refractivity contribution in [3.05, 3.63) is 118 Å². The number of nitrogens with one attached hydrogen (secondary N) is 3. The van der Waals surface area contributed by atoms with E-state index in [1.165, 1.54) is 24.3 Å². The Hall–Kier alpha value is -5.58. The van der Waals surface area contributed by atoms with E-state index >= 15 is 0 Å². The molecule has 3 N–H and O–H groups in total. The van der Waals surface area contributed by atoms with Gasteiger partial charge >= 0.3 is 6.03 Å². The largest absolute Gasteiger partial charge is 0.495 e. The zero-order valence-corrected chi connectivity index (χ0v) is 24.4. The Morgan fingerprint density at radius 2 is 1.41 bits per heavy atom. The average Bonchev–Trinajstić information content (AvgIpc) is 3.05. The summed E-state index contributed by atoms with van der Waals surface area (Å²) in [6.07, 6.45) is 0.690. The Morgan fingerprint density at radius 1 is 0.795 bits per heavy atom. The summed E-state index contributed by atoms with van der Waals surface area (Å²) < 4.78 is 5.55. The van der Waals surface area contributed by atoms with Gasteiger partial charge in [0.15, 0.2) is 0 Å². The number of nitro groups is 1. The third-order valence-corrected chi connectivity index (χ3v) is 7.42. The highest BCUT2D eigenvalue weighted by Gasteiger charge is 2.24. The van der Waals surface area contributed by atoms with Gasteiger partial charge in [-0.2, -0.15) is 0 Å². The van der Waals surface area contributed by atoms with E-state index in [-0.39, 0.29) is 11.6 Å². The number of carbonyl (C=O) groups excluding carboxylic acids is 2. The highest BCUT2D eigenvalue weighted by atomic mass is 16.6. The molecule has 0 bridgehead atoms. The van der Waals surface area contributed by atoms with Gasteiger partial charge in [0.2, 0.25) is 0 Å². The molecule has 11 nitrogen and oxygen atoms in total. The molecule has 5 rings (SSSR count). The molecule has 226 valence electrons. The molecule has 4 aromatic carbocycles. The van der Waals surface area contributed by atoms with Crippen molar-refractivity contribution in [2.45, 2.75) is 6.42 Å². The number of nitro benzene ring substituents is 1. The first kappa shape index (κ1) is 29.9. The second-order valence-corrected chi connectivity index (χ2v) is 10.3. The van der Waals surface area contributed by atoms with Crippen molar-refractivity contribution in [1.29, 1.82) is 0 Å². The lowest BCUT2D eigenvalue weighted by atomic mass is 10.1. The number of urea groups is 1. The maximum Gasteiger partial charge on any atom is 0.323 e. The molecule has 1 aliphatic rings. The Balaban J connectivity index is 1.30. The Labute approximate surface area is 255 Å². The van der Waals surface area contributed by atoms with Crippen LogP contribution in [0.3, 0.4) is 0 Å². The van der Waals surface area contributed by atoms with Crippen LogP contribution in [0, 0.1) is 10.1 Å². The number of ether oxygens (including phenoxy) is 1. The molecule has 1 aliphatic heterocycles. The third-order valence-electron chi connectivity index (χ3n) is 7.42. The number of benzene rings is 4. The number of amides is 3. The Morgan fingerprint density at radius 3 is 2.09 bits per heavy atom. The fourth-order valence-electron chi connectivity index (χ4n) is 5.17. The summed E-state index contributed by atoms with van der Waals surface area (Å²) in [4.78, 5) is 41.1. The minimum absolute atomic E-state index is 0.0711. The molecule has 3 amide bonds. The van der Waals surface area contributed by atoms with E-state index in [0.29, 0.717) is 43.0 Å². The van der Waals surface area contributed by atoms with Gasteiger partial charge in [0, 0.05) is 61.9 Å². The first-order valence-electron chi connectivity index (χ1n) is 14.3. The van der Waals surface area contributed by atoms with Crippen LogP contribution in [-0.2, 0) is 6.42 Å². The highest BCUT2D eigenvalue weighted by Crippen LogP contribution is 2.31. The predicted octanol–water partition coefficient (Wildman–Crippen LogP) is 5.55. The normalized spacial score (nSPS) is 12.8. The number of nitrogens with zero attached hydrogens (tertiary/aromatic N) is 3. The second-order valence-electron chi connectivity index (χ2n) is 10.3. The van der Waals surface area contributed by atoms with E-state index in [0.717, 1.165) is 35.8 Å². The molecule has 0 atom stereocenters. The molecule has 0 spiro atoms. The van der Waals surface area contributed by atoms with Gasteiger partial charge in [-0.05, 0) is 54.4 Å². The molecule has 0 aromatic heterocycles. The summed E-state index contributed by atoms with van der Waals surface area (Å²) in [5, 5.41) is 19.4. The zero-order chi connectivity index (χ0) is 30.9. The number of non-ortho nitro benzene ring substituents is 1. The molecule has 0 unspecified atom stereocenters. The first-order valence-corrected chi connectivity index (χ1v) is 14.3. The summed E-state index contributed by atoms with van der Waals surface area (Å²) in [5.41, 5.74) is 4.16. The van der Waals surface area contributed by atoms with Crippen LogP contribution >= 0.6 is 0 Å². The van der Waals surface area contributed by atoms with Gasteiger partial charge < -0.3 is 30.5 Å². The molecule has 1 saturated heterocycles. The van der Waals surface area contributed by atoms with Crippen LogP contribution < -0.4 is 30.5 Å². The van der Waals surface area contributed by atoms with Gasteiger partial charge in [0.1, 0.15) is 5.75 Å². The van der Waals surface area contributed by atoms with Gasteiger partial charge in [-0.15, -0.1) is 0 Å². The molecular weight excluding hydrogens is 560 g/mol. The second kappa shape index (κ2) is 14.1. The quantitative estimate of drug-likeness (QED) is 0.162. The number of anilines is 4. The van der Waals surface area contributed by atoms with Gasteiger partial charge in [0.05, 0.1) is 23.3 Å². The predicted molar refractivity (Wildman–Crippen MR) is 172 cm³/mol. The Kier molecular flexibility index (Phi) is 9.55. The lowest BCUT2D eigenvalue weighted by Crippen LogP contribution is -2.47. The van der Waals surface area contributed by atoms with Crippen LogP contribution in [0.1, 0.15) is 15.9 Å². The van der Waals surface area contributed by atoms with Gasteiger partial charge in [0.25, 0.3) is 11.6 Å². The van der Waals surface area contributed by atoms with E-state index in [1.54, 1.807) is 19.2 Å². The summed E-state index contributed by atoms with van der Waals surface area (Å²) >= 11 is 0. The molecule has 0 radical (unpaired) electrons. The number of para-hydroxylation sites is 2. The van der Waals surface area contributed by atoms with E-state index in [1.807, 2.05) is 60.7 Å². The van der Waals surface area contributed by atoms with Crippen LogP contribution in [0.25, 0.3) is 0 Å².